The van der Waals surface area contributed by atoms with Gasteiger partial charge in [0.2, 0.25) is 5.91 Å². The highest BCUT2D eigenvalue weighted by Gasteiger charge is 2.59. The number of aliphatic hydroxyl groups is 1. The number of hydrogen-bond acceptors (Lipinski definition) is 3. The summed E-state index contributed by atoms with van der Waals surface area (Å²) >= 11 is 0. The van der Waals surface area contributed by atoms with Crippen molar-refractivity contribution in [3.63, 3.8) is 0 Å². The molecular weight excluding hydrogens is 432 g/mol. The minimum atomic E-state index is -0.111. The van der Waals surface area contributed by atoms with Gasteiger partial charge in [0, 0.05) is 31.5 Å². The zero-order valence-electron chi connectivity index (χ0n) is 22.7. The molecule has 0 radical (unpaired) electrons. The highest BCUT2D eigenvalue weighted by atomic mass is 16.3. The number of amides is 1. The van der Waals surface area contributed by atoms with Crippen molar-refractivity contribution in [2.24, 2.45) is 45.8 Å². The average Bonchev–Trinajstić information content (AvgIpc) is 3.57. The molecule has 0 bridgehead atoms. The average molecular weight is 483 g/mol. The first-order valence-corrected chi connectivity index (χ1v) is 15.1. The van der Waals surface area contributed by atoms with Gasteiger partial charge in [-0.25, -0.2) is 0 Å². The lowest BCUT2D eigenvalue weighted by atomic mass is 9.47. The predicted octanol–water partition coefficient (Wildman–Crippen LogP) is 5.55. The van der Waals surface area contributed by atoms with Crippen LogP contribution in [0.3, 0.4) is 0 Å². The Hall–Kier alpha value is -0.870. The van der Waals surface area contributed by atoms with Crippen LogP contribution < -0.4 is 5.32 Å². The number of hydrogen-bond donors (Lipinski definition) is 2. The topological polar surface area (TPSA) is 52.6 Å². The fourth-order valence-electron chi connectivity index (χ4n) is 10.6. The van der Waals surface area contributed by atoms with E-state index in [1.807, 2.05) is 0 Å². The molecule has 35 heavy (non-hydrogen) atoms. The lowest BCUT2D eigenvalue weighted by Gasteiger charge is -2.58. The largest absolute Gasteiger partial charge is 0.393 e. The van der Waals surface area contributed by atoms with Gasteiger partial charge in [-0.1, -0.05) is 32.4 Å². The van der Waals surface area contributed by atoms with E-state index in [-0.39, 0.29) is 6.10 Å². The van der Waals surface area contributed by atoms with Crippen molar-refractivity contribution in [3.8, 4) is 0 Å². The Morgan fingerprint density at radius 1 is 1.14 bits per heavy atom. The summed E-state index contributed by atoms with van der Waals surface area (Å²) < 4.78 is 0. The minimum Gasteiger partial charge on any atom is -0.393 e. The van der Waals surface area contributed by atoms with E-state index in [0.29, 0.717) is 28.1 Å². The molecule has 196 valence electrons. The first kappa shape index (κ1) is 24.5. The molecule has 1 unspecified atom stereocenters. The Morgan fingerprint density at radius 2 is 2.00 bits per heavy atom. The fraction of sp³-hybridized carbons (Fsp3) is 0.903. The Balaban J connectivity index is 1.09. The third-order valence-electron chi connectivity index (χ3n) is 12.8. The van der Waals surface area contributed by atoms with Crippen LogP contribution in [0.2, 0.25) is 0 Å². The Morgan fingerprint density at radius 3 is 2.80 bits per heavy atom. The molecule has 6 aliphatic rings. The van der Waals surface area contributed by atoms with Gasteiger partial charge in [-0.3, -0.25) is 4.79 Å². The summed E-state index contributed by atoms with van der Waals surface area (Å²) in [5.41, 5.74) is 2.75. The van der Waals surface area contributed by atoms with E-state index < -0.39 is 0 Å². The molecule has 9 atom stereocenters. The molecule has 2 heterocycles. The molecule has 0 aromatic rings. The fourth-order valence-corrected chi connectivity index (χ4v) is 10.6. The number of allylic oxidation sites excluding steroid dienone is 1. The molecule has 1 spiro atoms. The van der Waals surface area contributed by atoms with Crippen LogP contribution in [0.25, 0.3) is 0 Å². The predicted molar refractivity (Wildman–Crippen MR) is 141 cm³/mol. The van der Waals surface area contributed by atoms with Gasteiger partial charge in [-0.15, -0.1) is 0 Å². The maximum Gasteiger partial charge on any atom is 0.222 e. The number of nitrogens with zero attached hydrogens (tertiary/aromatic N) is 1. The van der Waals surface area contributed by atoms with E-state index in [0.717, 1.165) is 75.5 Å². The lowest BCUT2D eigenvalue weighted by molar-refractivity contribution is -0.131. The molecule has 4 nitrogen and oxygen atoms in total. The normalized spacial score (nSPS) is 47.8. The van der Waals surface area contributed by atoms with Crippen LogP contribution in [-0.4, -0.2) is 48.2 Å². The van der Waals surface area contributed by atoms with E-state index in [1.165, 1.54) is 51.4 Å². The summed E-state index contributed by atoms with van der Waals surface area (Å²) in [6, 6.07) is 0. The van der Waals surface area contributed by atoms with Crippen molar-refractivity contribution < 1.29 is 9.90 Å². The molecule has 0 aromatic heterocycles. The second-order valence-corrected chi connectivity index (χ2v) is 14.4. The van der Waals surface area contributed by atoms with Crippen molar-refractivity contribution in [2.75, 3.05) is 26.2 Å². The molecule has 4 aliphatic carbocycles. The van der Waals surface area contributed by atoms with Gasteiger partial charge >= 0.3 is 0 Å². The van der Waals surface area contributed by atoms with Gasteiger partial charge in [0.1, 0.15) is 0 Å². The summed E-state index contributed by atoms with van der Waals surface area (Å²) in [5, 5.41) is 13.8. The molecule has 5 fully saturated rings. The summed E-state index contributed by atoms with van der Waals surface area (Å²) in [6.45, 7) is 11.8. The molecule has 0 aromatic carbocycles. The van der Waals surface area contributed by atoms with E-state index in [1.54, 1.807) is 5.57 Å². The second kappa shape index (κ2) is 8.86. The monoisotopic (exact) mass is 482 g/mol. The molecule has 2 saturated heterocycles. The van der Waals surface area contributed by atoms with Gasteiger partial charge in [0.25, 0.3) is 0 Å². The standard InChI is InChI=1S/C31H50N2O2/c1-21(4-9-28(35)33-17-15-31(20-33)14-16-32-19-31)25-7-8-26-24-6-5-22-18-23(34)10-12-29(22,2)27(24)11-13-30(25,26)3/h5,21,23-27,32,34H,4,6-20H2,1-3H3/t21-,23+,24+,25-,26+,27+,29+,30-,31?/m1/s1. The Bertz CT molecular complexity index is 862. The number of nitrogens with one attached hydrogen (secondary N) is 1. The highest BCUT2D eigenvalue weighted by Crippen LogP contribution is 2.67. The van der Waals surface area contributed by atoms with Crippen molar-refractivity contribution in [1.82, 2.24) is 10.2 Å². The number of aliphatic hydroxyl groups excluding tert-OH is 1. The van der Waals surface area contributed by atoms with Gasteiger partial charge in [0.15, 0.2) is 0 Å². The van der Waals surface area contributed by atoms with Crippen LogP contribution in [0.15, 0.2) is 11.6 Å². The van der Waals surface area contributed by atoms with Crippen molar-refractivity contribution in [2.45, 2.75) is 104 Å². The summed E-state index contributed by atoms with van der Waals surface area (Å²) in [5.74, 6) is 4.33. The molecular formula is C31H50N2O2. The number of rotatable bonds is 4. The first-order chi connectivity index (χ1) is 16.7. The maximum atomic E-state index is 13.1. The third-order valence-corrected chi connectivity index (χ3v) is 12.8. The Labute approximate surface area is 213 Å². The number of carbonyl (C=O) groups excluding carboxylic acids is 1. The first-order valence-electron chi connectivity index (χ1n) is 15.1. The van der Waals surface area contributed by atoms with Crippen molar-refractivity contribution >= 4 is 5.91 Å². The zero-order valence-corrected chi connectivity index (χ0v) is 22.7. The number of fused-ring (bicyclic) bond motifs is 5. The highest BCUT2D eigenvalue weighted by molar-refractivity contribution is 5.76. The van der Waals surface area contributed by atoms with Crippen LogP contribution in [0, 0.1) is 45.8 Å². The zero-order chi connectivity index (χ0) is 24.4. The molecule has 2 N–H and O–H groups in total. The number of likely N-dealkylation sites (tertiary alicyclic amines) is 1. The van der Waals surface area contributed by atoms with Gasteiger partial charge < -0.3 is 15.3 Å². The molecule has 4 heteroatoms. The lowest BCUT2D eigenvalue weighted by Crippen LogP contribution is -2.50. The smallest absolute Gasteiger partial charge is 0.222 e. The van der Waals surface area contributed by atoms with Gasteiger partial charge in [-0.05, 0) is 118 Å². The van der Waals surface area contributed by atoms with Gasteiger partial charge in [0.05, 0.1) is 6.10 Å². The Kier molecular flexibility index (Phi) is 6.19. The SMILES string of the molecule is C[C@H](CCC(=O)N1CCC2(CCNC2)C1)[C@H]1CC[C@H]2[C@@H]3CC=C4C[C@@H](O)CC[C@]4(C)[C@H]3CC[C@]12C. The molecule has 6 rings (SSSR count). The quantitative estimate of drug-likeness (QED) is 0.516. The number of carbonyl (C=O) groups is 1. The molecule has 3 saturated carbocycles. The molecule has 1 amide bonds. The third kappa shape index (κ3) is 3.95. The van der Waals surface area contributed by atoms with Crippen molar-refractivity contribution in [1.29, 1.82) is 0 Å². The minimum absolute atomic E-state index is 0.111. The summed E-state index contributed by atoms with van der Waals surface area (Å²) in [4.78, 5) is 15.3. The van der Waals surface area contributed by atoms with E-state index >= 15 is 0 Å². The van der Waals surface area contributed by atoms with E-state index in [2.05, 4.69) is 37.1 Å². The van der Waals surface area contributed by atoms with E-state index in [9.17, 15) is 9.90 Å². The van der Waals surface area contributed by atoms with E-state index in [4.69, 9.17) is 0 Å². The van der Waals surface area contributed by atoms with Crippen molar-refractivity contribution in [3.05, 3.63) is 11.6 Å². The van der Waals surface area contributed by atoms with Crippen LogP contribution in [0.1, 0.15) is 97.8 Å². The van der Waals surface area contributed by atoms with Crippen LogP contribution in [0.4, 0.5) is 0 Å². The summed E-state index contributed by atoms with van der Waals surface area (Å²) in [6.07, 6.45) is 16.5. The van der Waals surface area contributed by atoms with Crippen LogP contribution >= 0.6 is 0 Å². The molecule has 2 aliphatic heterocycles. The summed E-state index contributed by atoms with van der Waals surface area (Å²) in [7, 11) is 0. The van der Waals surface area contributed by atoms with Crippen LogP contribution in [0.5, 0.6) is 0 Å². The second-order valence-electron chi connectivity index (χ2n) is 14.4. The van der Waals surface area contributed by atoms with Gasteiger partial charge in [-0.2, -0.15) is 0 Å². The van der Waals surface area contributed by atoms with Crippen LogP contribution in [-0.2, 0) is 4.79 Å². The maximum absolute atomic E-state index is 13.1.